The van der Waals surface area contributed by atoms with E-state index < -0.39 is 21.7 Å². The van der Waals surface area contributed by atoms with Crippen molar-refractivity contribution in [2.24, 2.45) is 7.05 Å². The molecule has 0 spiro atoms. The van der Waals surface area contributed by atoms with E-state index in [9.17, 15) is 13.6 Å². The van der Waals surface area contributed by atoms with E-state index in [0.29, 0.717) is 11.0 Å². The van der Waals surface area contributed by atoms with Gasteiger partial charge >= 0.3 is 0 Å². The highest BCUT2D eigenvalue weighted by atomic mass is 35.5. The Bertz CT molecular complexity index is 1410. The van der Waals surface area contributed by atoms with Crippen molar-refractivity contribution in [3.63, 3.8) is 0 Å². The Balaban J connectivity index is 1.55. The van der Waals surface area contributed by atoms with Crippen LogP contribution in [0.3, 0.4) is 0 Å². The van der Waals surface area contributed by atoms with Crippen LogP contribution in [0.4, 0.5) is 8.78 Å². The summed E-state index contributed by atoms with van der Waals surface area (Å²) in [6, 6.07) is 2.92. The van der Waals surface area contributed by atoms with Gasteiger partial charge in [0.15, 0.2) is 18.2 Å². The molecule has 1 aliphatic rings. The topological polar surface area (TPSA) is 91.2 Å². The van der Waals surface area contributed by atoms with E-state index in [1.807, 2.05) is 6.92 Å². The van der Waals surface area contributed by atoms with Crippen LogP contribution in [0, 0.1) is 0 Å². The highest BCUT2D eigenvalue weighted by Crippen LogP contribution is 2.35. The number of fused-ring (bicyclic) bond motifs is 1. The minimum Gasteiger partial charge on any atom is -0.482 e. The predicted molar refractivity (Wildman–Crippen MR) is 141 cm³/mol. The highest BCUT2D eigenvalue weighted by molar-refractivity contribution is 8.27. The Kier molecular flexibility index (Phi) is 6.91. The van der Waals surface area contributed by atoms with Gasteiger partial charge in [-0.25, -0.2) is 32.9 Å². The minimum absolute atomic E-state index is 0.0489. The second-order valence-corrected chi connectivity index (χ2v) is 13.3. The van der Waals surface area contributed by atoms with E-state index in [0.717, 1.165) is 31.3 Å². The monoisotopic (exact) mass is 539 g/mol. The van der Waals surface area contributed by atoms with Crippen LogP contribution in [-0.4, -0.2) is 66.7 Å². The average Bonchev–Trinajstić information content (AvgIpc) is 3.12. The molecule has 1 N–H and O–H groups in total. The molecule has 8 nitrogen and oxygen atoms in total. The number of imidazole rings is 1. The van der Waals surface area contributed by atoms with Gasteiger partial charge in [-0.15, -0.1) is 0 Å². The number of ether oxygens (including phenoxy) is 2. The Morgan fingerprint density at radius 3 is 2.64 bits per heavy atom. The summed E-state index contributed by atoms with van der Waals surface area (Å²) in [4.78, 5) is 25.8. The number of rotatable bonds is 7. The zero-order valence-corrected chi connectivity index (χ0v) is 21.9. The Morgan fingerprint density at radius 1 is 1.28 bits per heavy atom. The minimum atomic E-state index is -3.05. The van der Waals surface area contributed by atoms with Gasteiger partial charge in [0, 0.05) is 37.8 Å². The van der Waals surface area contributed by atoms with Crippen molar-refractivity contribution in [3.8, 4) is 17.5 Å². The number of halogens is 3. The zero-order valence-electron chi connectivity index (χ0n) is 20.3. The molecular formula is C24H28ClF2N5O3S. The summed E-state index contributed by atoms with van der Waals surface area (Å²) in [5.41, 5.74) is 0.739. The van der Waals surface area contributed by atoms with Crippen LogP contribution in [0.2, 0.25) is 5.02 Å². The largest absolute Gasteiger partial charge is 0.482 e. The van der Waals surface area contributed by atoms with E-state index in [2.05, 4.69) is 32.0 Å². The Labute approximate surface area is 213 Å². The molecule has 4 rings (SSSR count). The molecule has 4 heterocycles. The predicted octanol–water partition coefficient (Wildman–Crippen LogP) is 4.79. The third-order valence-corrected chi connectivity index (χ3v) is 8.35. The molecule has 1 aliphatic heterocycles. The first kappa shape index (κ1) is 26.2. The van der Waals surface area contributed by atoms with Crippen LogP contribution in [-0.2, 0) is 7.05 Å². The van der Waals surface area contributed by atoms with E-state index in [1.165, 1.54) is 18.5 Å². The summed E-state index contributed by atoms with van der Waals surface area (Å²) in [7, 11) is 0.636. The van der Waals surface area contributed by atoms with Crippen molar-refractivity contribution in [2.75, 3.05) is 18.1 Å². The third-order valence-electron chi connectivity index (χ3n) is 6.00. The van der Waals surface area contributed by atoms with Crippen molar-refractivity contribution in [2.45, 2.75) is 38.2 Å². The molecule has 12 heteroatoms. The lowest BCUT2D eigenvalue weighted by Crippen LogP contribution is -2.49. The van der Waals surface area contributed by atoms with Crippen molar-refractivity contribution in [3.05, 3.63) is 35.4 Å². The third kappa shape index (κ3) is 6.07. The van der Waals surface area contributed by atoms with Gasteiger partial charge < -0.3 is 19.4 Å². The lowest BCUT2D eigenvalue weighted by molar-refractivity contribution is -0.0235. The maximum Gasteiger partial charge on any atom is 0.287 e. The quantitative estimate of drug-likeness (QED) is 0.434. The van der Waals surface area contributed by atoms with Crippen LogP contribution in [0.15, 0.2) is 24.5 Å². The highest BCUT2D eigenvalue weighted by Gasteiger charge is 2.32. The average molecular weight is 540 g/mol. The Hall–Kier alpha value is -2.92. The number of hydrogen-bond donors (Lipinski definition) is 1. The number of aromatic nitrogens is 4. The number of carbonyl (C=O) groups is 1. The van der Waals surface area contributed by atoms with Gasteiger partial charge in [0.1, 0.15) is 5.52 Å². The van der Waals surface area contributed by atoms with Gasteiger partial charge in [-0.2, -0.15) is 0 Å². The molecule has 0 radical (unpaired) electrons. The van der Waals surface area contributed by atoms with Crippen LogP contribution < -0.4 is 14.8 Å². The van der Waals surface area contributed by atoms with Crippen LogP contribution in [0.25, 0.3) is 11.0 Å². The fourth-order valence-corrected chi connectivity index (χ4v) is 5.91. The molecule has 194 valence electrons. The zero-order chi connectivity index (χ0) is 26.3. The Morgan fingerprint density at radius 2 is 1.97 bits per heavy atom. The van der Waals surface area contributed by atoms with Gasteiger partial charge in [0.25, 0.3) is 17.7 Å². The smallest absolute Gasteiger partial charge is 0.287 e. The summed E-state index contributed by atoms with van der Waals surface area (Å²) in [5, 5.41) is 3.33. The molecular weight excluding hydrogens is 512 g/mol. The fraction of sp³-hybridized carbons (Fsp3) is 0.417. The molecule has 0 saturated carbocycles. The van der Waals surface area contributed by atoms with Gasteiger partial charge in [0.05, 0.1) is 16.7 Å². The molecule has 1 fully saturated rings. The van der Waals surface area contributed by atoms with E-state index in [1.54, 1.807) is 17.7 Å². The first-order chi connectivity index (χ1) is 16.7. The number of pyridine rings is 2. The lowest BCUT2D eigenvalue weighted by atomic mass is 9.95. The first-order valence-corrected chi connectivity index (χ1v) is 13.9. The summed E-state index contributed by atoms with van der Waals surface area (Å²) in [6.07, 6.45) is 4.39. The van der Waals surface area contributed by atoms with E-state index >= 15 is 0 Å². The van der Waals surface area contributed by atoms with Crippen molar-refractivity contribution < 1.29 is 23.0 Å². The van der Waals surface area contributed by atoms with Gasteiger partial charge in [-0.3, -0.25) is 4.79 Å². The maximum atomic E-state index is 13.3. The fourth-order valence-electron chi connectivity index (χ4n) is 3.79. The number of hydrogen-bond acceptors (Lipinski definition) is 6. The number of aryl methyl sites for hydroxylation is 1. The van der Waals surface area contributed by atoms with Gasteiger partial charge in [-0.1, -0.05) is 23.3 Å². The van der Waals surface area contributed by atoms with Crippen LogP contribution in [0.5, 0.6) is 17.5 Å². The number of alkyl halides is 2. The molecule has 0 atom stereocenters. The van der Waals surface area contributed by atoms with Crippen LogP contribution >= 0.6 is 20.8 Å². The SMILES string of the molecule is C=S1(=C)CCC(C)(NC(=O)c2nc3cnc(Oc4ncc(Cl)cc4OCC(C)(F)F)cc3n2C)CC1. The summed E-state index contributed by atoms with van der Waals surface area (Å²) in [6.45, 7) is 1.90. The molecule has 36 heavy (non-hydrogen) atoms. The molecule has 0 bridgehead atoms. The van der Waals surface area contributed by atoms with Crippen LogP contribution in [0.1, 0.15) is 37.3 Å². The summed E-state index contributed by atoms with van der Waals surface area (Å²) in [5.74, 6) is 7.12. The normalized spacial score (nSPS) is 17.1. The van der Waals surface area contributed by atoms with Gasteiger partial charge in [-0.05, 0) is 31.3 Å². The molecule has 1 saturated heterocycles. The molecule has 3 aromatic rings. The molecule has 1 amide bonds. The second-order valence-electron chi connectivity index (χ2n) is 9.57. The first-order valence-electron chi connectivity index (χ1n) is 11.2. The molecule has 3 aromatic heterocycles. The summed E-state index contributed by atoms with van der Waals surface area (Å²) < 4.78 is 39.1. The molecule has 0 unspecified atom stereocenters. The van der Waals surface area contributed by atoms with Crippen molar-refractivity contribution in [1.82, 2.24) is 24.8 Å². The number of nitrogens with one attached hydrogen (secondary N) is 1. The number of nitrogens with zero attached hydrogens (tertiary/aromatic N) is 4. The van der Waals surface area contributed by atoms with Crippen molar-refractivity contribution in [1.29, 1.82) is 0 Å². The lowest BCUT2D eigenvalue weighted by Gasteiger charge is -2.37. The number of carbonyl (C=O) groups excluding carboxylic acids is 1. The summed E-state index contributed by atoms with van der Waals surface area (Å²) >= 11 is 5.94. The van der Waals surface area contributed by atoms with E-state index in [4.69, 9.17) is 21.1 Å². The maximum absolute atomic E-state index is 13.3. The standard InChI is InChI=1S/C24H28ClF2N5O3S/c1-23(6-8-36(4,5)9-7-23)31-21(33)20-30-16-13-28-19(11-17(16)32(20)3)35-22-18(10-15(25)12-29-22)34-14-24(2,26)27/h10-13H,4-9,14H2,1-3H3,(H,31,33). The molecule has 0 aromatic carbocycles. The molecule has 0 aliphatic carbocycles. The van der Waals surface area contributed by atoms with Crippen molar-refractivity contribution >= 4 is 49.5 Å². The van der Waals surface area contributed by atoms with Gasteiger partial charge in [0.2, 0.25) is 5.88 Å². The van der Waals surface area contributed by atoms with E-state index in [-0.39, 0.29) is 39.8 Å². The second kappa shape index (κ2) is 9.51. The number of amides is 1.